The molecule has 1 aromatic rings. The number of carbonyl (C=O) groups is 3. The van der Waals surface area contributed by atoms with Gasteiger partial charge < -0.3 is 15.4 Å². The van der Waals surface area contributed by atoms with Crippen molar-refractivity contribution in [3.05, 3.63) is 29.8 Å². The van der Waals surface area contributed by atoms with E-state index >= 15 is 0 Å². The molecule has 1 atom stereocenters. The quantitative estimate of drug-likeness (QED) is 0.414. The largest absolute Gasteiger partial charge is 0.497 e. The number of hydrogen-bond acceptors (Lipinski definition) is 4. The van der Waals surface area contributed by atoms with Gasteiger partial charge in [-0.15, -0.1) is 0 Å². The summed E-state index contributed by atoms with van der Waals surface area (Å²) in [5.74, 6) is -0.0899. The summed E-state index contributed by atoms with van der Waals surface area (Å²) in [7, 11) is 1.56. The third kappa shape index (κ3) is 5.95. The van der Waals surface area contributed by atoms with Gasteiger partial charge >= 0.3 is 6.03 Å². The molecule has 0 spiro atoms. The van der Waals surface area contributed by atoms with Crippen LogP contribution in [0.15, 0.2) is 24.3 Å². The Bertz CT molecular complexity index is 705. The first-order chi connectivity index (χ1) is 13.9. The predicted molar refractivity (Wildman–Crippen MR) is 112 cm³/mol. The second-order valence-corrected chi connectivity index (χ2v) is 7.65. The minimum Gasteiger partial charge on any atom is -0.497 e. The highest BCUT2D eigenvalue weighted by atomic mass is 16.5. The predicted octanol–water partition coefficient (Wildman–Crippen LogP) is 3.33. The van der Waals surface area contributed by atoms with Crippen LogP contribution in [0.4, 0.5) is 4.79 Å². The van der Waals surface area contributed by atoms with Crippen molar-refractivity contribution in [2.75, 3.05) is 20.2 Å². The van der Waals surface area contributed by atoms with E-state index in [9.17, 15) is 14.4 Å². The Morgan fingerprint density at radius 2 is 1.69 bits per heavy atom. The van der Waals surface area contributed by atoms with Crippen molar-refractivity contribution in [1.82, 2.24) is 15.5 Å². The number of hydrogen-bond donors (Lipinski definition) is 2. The zero-order chi connectivity index (χ0) is 21.3. The van der Waals surface area contributed by atoms with E-state index < -0.39 is 17.5 Å². The first-order valence-corrected chi connectivity index (χ1v) is 10.5. The van der Waals surface area contributed by atoms with Crippen molar-refractivity contribution in [3.8, 4) is 5.75 Å². The van der Waals surface area contributed by atoms with Crippen molar-refractivity contribution in [3.63, 3.8) is 0 Å². The average molecular weight is 404 g/mol. The molecule has 0 radical (unpaired) electrons. The fourth-order valence-corrected chi connectivity index (χ4v) is 3.47. The van der Waals surface area contributed by atoms with E-state index in [1.165, 1.54) is 32.1 Å². The molecular formula is C22H33N3O4. The van der Waals surface area contributed by atoms with Gasteiger partial charge in [0, 0.05) is 6.54 Å². The molecule has 4 amide bonds. The lowest BCUT2D eigenvalue weighted by atomic mass is 9.92. The molecule has 2 rings (SSSR count). The van der Waals surface area contributed by atoms with Gasteiger partial charge in [-0.2, -0.15) is 0 Å². The maximum atomic E-state index is 12.9. The summed E-state index contributed by atoms with van der Waals surface area (Å²) in [6.07, 6.45) is 8.15. The van der Waals surface area contributed by atoms with Gasteiger partial charge in [0.05, 0.1) is 7.11 Å². The van der Waals surface area contributed by atoms with Crippen LogP contribution < -0.4 is 15.4 Å². The number of ether oxygens (including phenoxy) is 1. The first-order valence-electron chi connectivity index (χ1n) is 10.5. The lowest BCUT2D eigenvalue weighted by molar-refractivity contribution is -0.134. The molecular weight excluding hydrogens is 370 g/mol. The molecule has 2 N–H and O–H groups in total. The third-order valence-electron chi connectivity index (χ3n) is 5.35. The zero-order valence-electron chi connectivity index (χ0n) is 17.8. The molecule has 1 saturated heterocycles. The van der Waals surface area contributed by atoms with Crippen molar-refractivity contribution < 1.29 is 19.1 Å². The maximum absolute atomic E-state index is 12.9. The van der Waals surface area contributed by atoms with E-state index in [2.05, 4.69) is 17.6 Å². The van der Waals surface area contributed by atoms with E-state index in [0.29, 0.717) is 17.9 Å². The van der Waals surface area contributed by atoms with Crippen molar-refractivity contribution in [1.29, 1.82) is 0 Å². The summed E-state index contributed by atoms with van der Waals surface area (Å²) in [4.78, 5) is 38.4. The highest BCUT2D eigenvalue weighted by Gasteiger charge is 2.49. The molecule has 1 aliphatic rings. The summed E-state index contributed by atoms with van der Waals surface area (Å²) in [6, 6.07) is 6.39. The summed E-state index contributed by atoms with van der Waals surface area (Å²) in [5.41, 5.74) is -0.551. The number of rotatable bonds is 12. The zero-order valence-corrected chi connectivity index (χ0v) is 17.8. The summed E-state index contributed by atoms with van der Waals surface area (Å²) >= 11 is 0. The highest BCUT2D eigenvalue weighted by molar-refractivity contribution is 6.09. The SMILES string of the molecule is CCCCCCCCCNC(=O)CN1C(=O)NC(C)(c2ccc(OC)cc2)C1=O. The van der Waals surface area contributed by atoms with Crippen molar-refractivity contribution >= 4 is 17.8 Å². The lowest BCUT2D eigenvalue weighted by Gasteiger charge is -2.22. The Labute approximate surface area is 173 Å². The first kappa shape index (κ1) is 22.7. The average Bonchev–Trinajstić information content (AvgIpc) is 2.94. The monoisotopic (exact) mass is 403 g/mol. The van der Waals surface area contributed by atoms with Crippen molar-refractivity contribution in [2.45, 2.75) is 64.3 Å². The topological polar surface area (TPSA) is 87.7 Å². The number of nitrogens with zero attached hydrogens (tertiary/aromatic N) is 1. The van der Waals surface area contributed by atoms with Gasteiger partial charge in [0.1, 0.15) is 17.8 Å². The molecule has 0 saturated carbocycles. The van der Waals surface area contributed by atoms with Gasteiger partial charge in [-0.05, 0) is 31.0 Å². The standard InChI is InChI=1S/C22H33N3O4/c1-4-5-6-7-8-9-10-15-23-19(26)16-25-20(27)22(2,24-21(25)28)17-11-13-18(29-3)14-12-17/h11-14H,4-10,15-16H2,1-3H3,(H,23,26)(H,24,28). The van der Waals surface area contributed by atoms with Crippen LogP contribution in [0, 0.1) is 0 Å². The van der Waals surface area contributed by atoms with Crippen LogP contribution in [0.25, 0.3) is 0 Å². The smallest absolute Gasteiger partial charge is 0.325 e. The van der Waals surface area contributed by atoms with E-state index in [4.69, 9.17) is 4.74 Å². The molecule has 7 nitrogen and oxygen atoms in total. The molecule has 1 fully saturated rings. The minimum atomic E-state index is -1.19. The van der Waals surface area contributed by atoms with Crippen LogP contribution >= 0.6 is 0 Å². The molecule has 160 valence electrons. The molecule has 29 heavy (non-hydrogen) atoms. The normalized spacial score (nSPS) is 18.7. The molecule has 0 aromatic heterocycles. The number of carbonyl (C=O) groups excluding carboxylic acids is 3. The van der Waals surface area contributed by atoms with Gasteiger partial charge in [-0.3, -0.25) is 14.5 Å². The number of methoxy groups -OCH3 is 1. The van der Waals surface area contributed by atoms with Crippen LogP contribution in [-0.2, 0) is 15.1 Å². The molecule has 1 aromatic carbocycles. The second-order valence-electron chi connectivity index (χ2n) is 7.65. The maximum Gasteiger partial charge on any atom is 0.325 e. The van der Waals surface area contributed by atoms with Gasteiger partial charge in [0.15, 0.2) is 0 Å². The Balaban J connectivity index is 1.81. The Kier molecular flexibility index (Phi) is 8.49. The van der Waals surface area contributed by atoms with Gasteiger partial charge in [0.2, 0.25) is 5.91 Å². The second kappa shape index (κ2) is 10.8. The number of unbranched alkanes of at least 4 members (excludes halogenated alkanes) is 6. The van der Waals surface area contributed by atoms with Gasteiger partial charge in [-0.1, -0.05) is 57.6 Å². The number of amides is 4. The summed E-state index contributed by atoms with van der Waals surface area (Å²) in [6.45, 7) is 4.13. The molecule has 1 aliphatic heterocycles. The Morgan fingerprint density at radius 1 is 1.07 bits per heavy atom. The molecule has 1 heterocycles. The lowest BCUT2D eigenvalue weighted by Crippen LogP contribution is -2.43. The minimum absolute atomic E-state index is 0.271. The molecule has 0 aliphatic carbocycles. The van der Waals surface area contributed by atoms with Crippen LogP contribution in [0.5, 0.6) is 5.75 Å². The van der Waals surface area contributed by atoms with Crippen LogP contribution in [-0.4, -0.2) is 42.9 Å². The van der Waals surface area contributed by atoms with E-state index in [-0.39, 0.29) is 12.5 Å². The van der Waals surface area contributed by atoms with E-state index in [1.807, 2.05) is 0 Å². The Morgan fingerprint density at radius 3 is 2.31 bits per heavy atom. The fourth-order valence-electron chi connectivity index (χ4n) is 3.47. The molecule has 7 heteroatoms. The van der Waals surface area contributed by atoms with Crippen LogP contribution in [0.1, 0.15) is 64.4 Å². The molecule has 1 unspecified atom stereocenters. The number of imide groups is 1. The van der Waals surface area contributed by atoms with Gasteiger partial charge in [0.25, 0.3) is 5.91 Å². The third-order valence-corrected chi connectivity index (χ3v) is 5.35. The van der Waals surface area contributed by atoms with Gasteiger partial charge in [-0.25, -0.2) is 4.79 Å². The van der Waals surface area contributed by atoms with Crippen molar-refractivity contribution in [2.24, 2.45) is 0 Å². The number of urea groups is 1. The number of benzene rings is 1. The van der Waals surface area contributed by atoms with Crippen LogP contribution in [0.3, 0.4) is 0 Å². The number of nitrogens with one attached hydrogen (secondary N) is 2. The van der Waals surface area contributed by atoms with Crippen LogP contribution in [0.2, 0.25) is 0 Å². The van der Waals surface area contributed by atoms with E-state index in [1.54, 1.807) is 38.3 Å². The highest BCUT2D eigenvalue weighted by Crippen LogP contribution is 2.29. The fraction of sp³-hybridized carbons (Fsp3) is 0.591. The van der Waals surface area contributed by atoms with E-state index in [0.717, 1.165) is 17.7 Å². The summed E-state index contributed by atoms with van der Waals surface area (Å²) in [5, 5.41) is 5.51. The molecule has 0 bridgehead atoms. The summed E-state index contributed by atoms with van der Waals surface area (Å²) < 4.78 is 5.13. The Hall–Kier alpha value is -2.57.